The highest BCUT2D eigenvalue weighted by Gasteiger charge is 2.38. The van der Waals surface area contributed by atoms with Crippen molar-refractivity contribution in [1.29, 1.82) is 0 Å². The van der Waals surface area contributed by atoms with Crippen molar-refractivity contribution >= 4 is 11.8 Å². The SMILES string of the molecule is CN1CC2CCC1C(CNC(=O)c1ccc(C(N)=O)cc1)C2. The lowest BCUT2D eigenvalue weighted by atomic mass is 9.73. The van der Waals surface area contributed by atoms with Gasteiger partial charge >= 0.3 is 0 Å². The van der Waals surface area contributed by atoms with E-state index in [1.807, 2.05) is 0 Å². The molecule has 4 rings (SSSR count). The Morgan fingerprint density at radius 1 is 1.23 bits per heavy atom. The first-order valence-electron chi connectivity index (χ1n) is 7.93. The van der Waals surface area contributed by atoms with Crippen molar-refractivity contribution < 1.29 is 9.59 Å². The van der Waals surface area contributed by atoms with E-state index in [-0.39, 0.29) is 5.91 Å². The summed E-state index contributed by atoms with van der Waals surface area (Å²) in [6.07, 6.45) is 3.79. The fourth-order valence-electron chi connectivity index (χ4n) is 3.97. The minimum Gasteiger partial charge on any atom is -0.366 e. The molecule has 1 aromatic carbocycles. The highest BCUT2D eigenvalue weighted by Crippen LogP contribution is 2.37. The molecule has 1 aliphatic carbocycles. The molecule has 3 unspecified atom stereocenters. The standard InChI is InChI=1S/C17H23N3O2/c1-20-10-11-2-7-15(20)14(8-11)9-19-17(22)13-5-3-12(4-6-13)16(18)21/h3-6,11,14-15H,2,7-10H2,1H3,(H2,18,21)(H,19,22). The van der Waals surface area contributed by atoms with Gasteiger partial charge in [0.05, 0.1) is 0 Å². The van der Waals surface area contributed by atoms with Crippen molar-refractivity contribution in [2.24, 2.45) is 17.6 Å². The molecule has 118 valence electrons. The quantitative estimate of drug-likeness (QED) is 0.878. The first kappa shape index (κ1) is 15.0. The third-order valence-corrected chi connectivity index (χ3v) is 5.12. The van der Waals surface area contributed by atoms with E-state index in [1.54, 1.807) is 24.3 Å². The summed E-state index contributed by atoms with van der Waals surface area (Å²) in [7, 11) is 2.19. The predicted molar refractivity (Wildman–Crippen MR) is 84.5 cm³/mol. The Bertz CT molecular complexity index is 570. The van der Waals surface area contributed by atoms with Gasteiger partial charge in [0, 0.05) is 30.3 Å². The summed E-state index contributed by atoms with van der Waals surface area (Å²) in [6.45, 7) is 1.92. The minimum atomic E-state index is -0.478. The van der Waals surface area contributed by atoms with Crippen LogP contribution in [0.25, 0.3) is 0 Å². The van der Waals surface area contributed by atoms with Gasteiger partial charge in [-0.05, 0) is 62.4 Å². The number of carbonyl (C=O) groups excluding carboxylic acids is 2. The van der Waals surface area contributed by atoms with Crippen molar-refractivity contribution in [2.45, 2.75) is 25.3 Å². The second-order valence-corrected chi connectivity index (χ2v) is 6.60. The molecule has 2 bridgehead atoms. The van der Waals surface area contributed by atoms with Crippen LogP contribution in [0.1, 0.15) is 40.0 Å². The maximum atomic E-state index is 12.2. The first-order valence-corrected chi connectivity index (χ1v) is 7.93. The summed E-state index contributed by atoms with van der Waals surface area (Å²) in [5.41, 5.74) is 6.19. The molecular formula is C17H23N3O2. The smallest absolute Gasteiger partial charge is 0.251 e. The molecule has 3 aliphatic rings. The minimum absolute atomic E-state index is 0.0832. The molecule has 0 spiro atoms. The largest absolute Gasteiger partial charge is 0.366 e. The Labute approximate surface area is 130 Å². The van der Waals surface area contributed by atoms with Crippen molar-refractivity contribution in [3.63, 3.8) is 0 Å². The average molecular weight is 301 g/mol. The molecule has 5 nitrogen and oxygen atoms in total. The van der Waals surface area contributed by atoms with Crippen LogP contribution in [0.3, 0.4) is 0 Å². The zero-order chi connectivity index (χ0) is 15.7. The number of carbonyl (C=O) groups is 2. The molecule has 0 aromatic heterocycles. The van der Waals surface area contributed by atoms with E-state index in [1.165, 1.54) is 25.8 Å². The molecule has 3 atom stereocenters. The van der Waals surface area contributed by atoms with Crippen LogP contribution in [0.4, 0.5) is 0 Å². The van der Waals surface area contributed by atoms with Gasteiger partial charge < -0.3 is 16.0 Å². The lowest BCUT2D eigenvalue weighted by Crippen LogP contribution is -2.53. The van der Waals surface area contributed by atoms with Crippen molar-refractivity contribution in [3.05, 3.63) is 35.4 Å². The number of hydrogen-bond acceptors (Lipinski definition) is 3. The van der Waals surface area contributed by atoms with Gasteiger partial charge in [-0.2, -0.15) is 0 Å². The lowest BCUT2D eigenvalue weighted by molar-refractivity contribution is 0.0203. The first-order chi connectivity index (χ1) is 10.5. The van der Waals surface area contributed by atoms with Crippen LogP contribution in [0.5, 0.6) is 0 Å². The van der Waals surface area contributed by atoms with Gasteiger partial charge in [-0.15, -0.1) is 0 Å². The Balaban J connectivity index is 1.57. The molecule has 2 amide bonds. The van der Waals surface area contributed by atoms with E-state index >= 15 is 0 Å². The van der Waals surface area contributed by atoms with E-state index in [0.29, 0.717) is 23.1 Å². The van der Waals surface area contributed by atoms with Crippen LogP contribution in [0.15, 0.2) is 24.3 Å². The lowest BCUT2D eigenvalue weighted by Gasteiger charge is -2.48. The fraction of sp³-hybridized carbons (Fsp3) is 0.529. The van der Waals surface area contributed by atoms with E-state index in [0.717, 1.165) is 12.5 Å². The Kier molecular flexibility index (Phi) is 4.16. The molecule has 0 radical (unpaired) electrons. The highest BCUT2D eigenvalue weighted by atomic mass is 16.2. The monoisotopic (exact) mass is 301 g/mol. The number of hydrogen-bond donors (Lipinski definition) is 2. The number of rotatable bonds is 4. The van der Waals surface area contributed by atoms with Gasteiger partial charge in [-0.3, -0.25) is 9.59 Å². The van der Waals surface area contributed by atoms with Gasteiger partial charge in [0.1, 0.15) is 0 Å². The summed E-state index contributed by atoms with van der Waals surface area (Å²) >= 11 is 0. The van der Waals surface area contributed by atoms with E-state index in [4.69, 9.17) is 5.73 Å². The highest BCUT2D eigenvalue weighted by molar-refractivity contribution is 5.97. The average Bonchev–Trinajstić information content (AvgIpc) is 2.53. The number of benzene rings is 1. The number of amides is 2. The van der Waals surface area contributed by atoms with Crippen molar-refractivity contribution in [2.75, 3.05) is 20.1 Å². The van der Waals surface area contributed by atoms with Crippen molar-refractivity contribution in [1.82, 2.24) is 10.2 Å². The van der Waals surface area contributed by atoms with Gasteiger partial charge in [0.15, 0.2) is 0 Å². The molecule has 2 saturated heterocycles. The number of nitrogens with two attached hydrogens (primary N) is 1. The molecule has 3 N–H and O–H groups in total. The Morgan fingerprint density at radius 2 is 1.91 bits per heavy atom. The maximum absolute atomic E-state index is 12.2. The molecule has 3 fully saturated rings. The topological polar surface area (TPSA) is 75.4 Å². The summed E-state index contributed by atoms with van der Waals surface area (Å²) in [5, 5.41) is 3.04. The van der Waals surface area contributed by atoms with E-state index in [9.17, 15) is 9.59 Å². The third kappa shape index (κ3) is 2.99. The molecule has 2 heterocycles. The number of piperidine rings is 2. The normalized spacial score (nSPS) is 27.6. The summed E-state index contributed by atoms with van der Waals surface area (Å²) in [6, 6.07) is 7.08. The summed E-state index contributed by atoms with van der Waals surface area (Å²) < 4.78 is 0. The van der Waals surface area contributed by atoms with Gasteiger partial charge in [-0.25, -0.2) is 0 Å². The van der Waals surface area contributed by atoms with Gasteiger partial charge in [0.2, 0.25) is 5.91 Å². The van der Waals surface area contributed by atoms with E-state index in [2.05, 4.69) is 17.3 Å². The number of primary amides is 1. The van der Waals surface area contributed by atoms with Gasteiger partial charge in [-0.1, -0.05) is 0 Å². The second-order valence-electron chi connectivity index (χ2n) is 6.60. The summed E-state index contributed by atoms with van der Waals surface area (Å²) in [5.74, 6) is 0.770. The predicted octanol–water partition coefficient (Wildman–Crippen LogP) is 1.25. The van der Waals surface area contributed by atoms with Crippen LogP contribution in [-0.4, -0.2) is 42.9 Å². The van der Waals surface area contributed by atoms with Crippen LogP contribution in [-0.2, 0) is 0 Å². The molecule has 1 saturated carbocycles. The number of nitrogens with one attached hydrogen (secondary N) is 1. The zero-order valence-electron chi connectivity index (χ0n) is 12.9. The maximum Gasteiger partial charge on any atom is 0.251 e. The molecule has 5 heteroatoms. The van der Waals surface area contributed by atoms with Crippen molar-refractivity contribution in [3.8, 4) is 0 Å². The number of fused-ring (bicyclic) bond motifs is 3. The second kappa shape index (κ2) is 6.08. The molecule has 1 aromatic rings. The molecule has 2 aliphatic heterocycles. The van der Waals surface area contributed by atoms with Gasteiger partial charge in [0.25, 0.3) is 5.91 Å². The van der Waals surface area contributed by atoms with Crippen LogP contribution >= 0.6 is 0 Å². The molecule has 22 heavy (non-hydrogen) atoms. The zero-order valence-corrected chi connectivity index (χ0v) is 12.9. The molecular weight excluding hydrogens is 278 g/mol. The Morgan fingerprint density at radius 3 is 2.50 bits per heavy atom. The Hall–Kier alpha value is -1.88. The van der Waals surface area contributed by atoms with Crippen LogP contribution in [0, 0.1) is 11.8 Å². The third-order valence-electron chi connectivity index (χ3n) is 5.12. The number of nitrogens with zero attached hydrogens (tertiary/aromatic N) is 1. The van der Waals surface area contributed by atoms with E-state index < -0.39 is 5.91 Å². The van der Waals surface area contributed by atoms with Crippen LogP contribution in [0.2, 0.25) is 0 Å². The fourth-order valence-corrected chi connectivity index (χ4v) is 3.97. The van der Waals surface area contributed by atoms with Crippen LogP contribution < -0.4 is 11.1 Å². The summed E-state index contributed by atoms with van der Waals surface area (Å²) in [4.78, 5) is 25.7.